The van der Waals surface area contributed by atoms with Crippen LogP contribution in [0.2, 0.25) is 0 Å². The summed E-state index contributed by atoms with van der Waals surface area (Å²) in [7, 11) is 3.17. The van der Waals surface area contributed by atoms with Crippen molar-refractivity contribution in [3.63, 3.8) is 0 Å². The number of nitrogens with one attached hydrogen (secondary N) is 2. The van der Waals surface area contributed by atoms with Crippen molar-refractivity contribution in [3.8, 4) is 11.5 Å². The normalized spacial score (nSPS) is 10.5. The van der Waals surface area contributed by atoms with Crippen LogP contribution in [0.15, 0.2) is 42.6 Å². The number of amides is 1. The van der Waals surface area contributed by atoms with Gasteiger partial charge >= 0.3 is 0 Å². The fraction of sp³-hybridized carbons (Fsp3) is 0.176. The summed E-state index contributed by atoms with van der Waals surface area (Å²) in [6.07, 6.45) is 1.93. The largest absolute Gasteiger partial charge is 0.497 e. The smallest absolute Gasteiger partial charge is 0.228 e. The van der Waals surface area contributed by atoms with E-state index in [9.17, 15) is 4.79 Å². The van der Waals surface area contributed by atoms with Crippen LogP contribution in [0.5, 0.6) is 11.5 Å². The third-order valence-electron chi connectivity index (χ3n) is 3.56. The number of rotatable bonds is 5. The van der Waals surface area contributed by atoms with E-state index in [1.54, 1.807) is 38.6 Å². The summed E-state index contributed by atoms with van der Waals surface area (Å²) in [5.74, 6) is 1.22. The van der Waals surface area contributed by atoms with E-state index in [4.69, 9.17) is 9.47 Å². The Hall–Kier alpha value is -3.02. The second kappa shape index (κ2) is 6.39. The van der Waals surface area contributed by atoms with Crippen LogP contribution in [0.4, 0.5) is 5.69 Å². The molecule has 0 bridgehead atoms. The molecule has 6 nitrogen and oxygen atoms in total. The van der Waals surface area contributed by atoms with Crippen LogP contribution in [-0.2, 0) is 11.2 Å². The SMILES string of the molecule is COc1ccc(OC)c(CC(=O)Nc2ccc3cn[nH]c3c2)c1. The van der Waals surface area contributed by atoms with Gasteiger partial charge in [0.25, 0.3) is 0 Å². The molecule has 2 N–H and O–H groups in total. The molecular formula is C17H17N3O3. The van der Waals surface area contributed by atoms with Crippen LogP contribution < -0.4 is 14.8 Å². The minimum Gasteiger partial charge on any atom is -0.497 e. The van der Waals surface area contributed by atoms with E-state index >= 15 is 0 Å². The zero-order valence-corrected chi connectivity index (χ0v) is 12.9. The molecule has 23 heavy (non-hydrogen) atoms. The number of benzene rings is 2. The Labute approximate surface area is 133 Å². The Morgan fingerprint density at radius 3 is 2.83 bits per heavy atom. The number of anilines is 1. The average molecular weight is 311 g/mol. The summed E-state index contributed by atoms with van der Waals surface area (Å²) < 4.78 is 10.5. The van der Waals surface area contributed by atoms with E-state index in [2.05, 4.69) is 15.5 Å². The fourth-order valence-electron chi connectivity index (χ4n) is 2.41. The number of hydrogen-bond acceptors (Lipinski definition) is 4. The lowest BCUT2D eigenvalue weighted by atomic mass is 10.1. The summed E-state index contributed by atoms with van der Waals surface area (Å²) >= 11 is 0. The quantitative estimate of drug-likeness (QED) is 0.759. The highest BCUT2D eigenvalue weighted by Crippen LogP contribution is 2.25. The van der Waals surface area contributed by atoms with Gasteiger partial charge in [-0.3, -0.25) is 9.89 Å². The molecule has 0 aliphatic rings. The molecule has 0 aliphatic heterocycles. The lowest BCUT2D eigenvalue weighted by Gasteiger charge is -2.11. The highest BCUT2D eigenvalue weighted by Gasteiger charge is 2.11. The first kappa shape index (κ1) is 14.9. The number of fused-ring (bicyclic) bond motifs is 1. The maximum atomic E-state index is 12.3. The van der Waals surface area contributed by atoms with Gasteiger partial charge in [-0.25, -0.2) is 0 Å². The Balaban J connectivity index is 1.76. The second-order valence-corrected chi connectivity index (χ2v) is 5.07. The van der Waals surface area contributed by atoms with E-state index in [0.717, 1.165) is 16.5 Å². The first-order valence-electron chi connectivity index (χ1n) is 7.13. The molecular weight excluding hydrogens is 294 g/mol. The molecule has 2 aromatic carbocycles. The maximum absolute atomic E-state index is 12.3. The topological polar surface area (TPSA) is 76.2 Å². The molecule has 0 spiro atoms. The van der Waals surface area contributed by atoms with Gasteiger partial charge in [0.05, 0.1) is 32.4 Å². The van der Waals surface area contributed by atoms with Gasteiger partial charge in [-0.15, -0.1) is 0 Å². The lowest BCUT2D eigenvalue weighted by Crippen LogP contribution is -2.15. The Bertz CT molecular complexity index is 842. The van der Waals surface area contributed by atoms with Crippen molar-refractivity contribution in [3.05, 3.63) is 48.2 Å². The molecule has 0 saturated carbocycles. The van der Waals surface area contributed by atoms with Gasteiger partial charge in [0.1, 0.15) is 11.5 Å². The van der Waals surface area contributed by atoms with Crippen LogP contribution in [0.3, 0.4) is 0 Å². The van der Waals surface area contributed by atoms with Crippen LogP contribution in [-0.4, -0.2) is 30.3 Å². The van der Waals surface area contributed by atoms with Crippen molar-refractivity contribution in [2.24, 2.45) is 0 Å². The van der Waals surface area contributed by atoms with Gasteiger partial charge in [-0.2, -0.15) is 5.10 Å². The molecule has 1 amide bonds. The first-order chi connectivity index (χ1) is 11.2. The van der Waals surface area contributed by atoms with Gasteiger partial charge in [0.15, 0.2) is 0 Å². The van der Waals surface area contributed by atoms with Crippen LogP contribution in [0.1, 0.15) is 5.56 Å². The number of H-pyrrole nitrogens is 1. The molecule has 1 aromatic heterocycles. The molecule has 0 unspecified atom stereocenters. The molecule has 0 radical (unpaired) electrons. The number of aromatic nitrogens is 2. The average Bonchev–Trinajstić information content (AvgIpc) is 3.02. The monoisotopic (exact) mass is 311 g/mol. The van der Waals surface area contributed by atoms with Crippen molar-refractivity contribution < 1.29 is 14.3 Å². The highest BCUT2D eigenvalue weighted by molar-refractivity contribution is 5.94. The van der Waals surface area contributed by atoms with Gasteiger partial charge in [-0.1, -0.05) is 0 Å². The van der Waals surface area contributed by atoms with Gasteiger partial charge < -0.3 is 14.8 Å². The van der Waals surface area contributed by atoms with Crippen molar-refractivity contribution in [2.75, 3.05) is 19.5 Å². The third-order valence-corrected chi connectivity index (χ3v) is 3.56. The Morgan fingerprint density at radius 2 is 2.04 bits per heavy atom. The summed E-state index contributed by atoms with van der Waals surface area (Å²) in [5.41, 5.74) is 2.36. The summed E-state index contributed by atoms with van der Waals surface area (Å²) in [5, 5.41) is 10.7. The zero-order valence-electron chi connectivity index (χ0n) is 12.9. The minimum atomic E-state index is -0.129. The molecule has 3 aromatic rings. The molecule has 118 valence electrons. The van der Waals surface area contributed by atoms with E-state index in [-0.39, 0.29) is 12.3 Å². The number of ether oxygens (including phenoxy) is 2. The predicted molar refractivity (Wildman–Crippen MR) is 88.0 cm³/mol. The van der Waals surface area contributed by atoms with Crippen molar-refractivity contribution in [1.29, 1.82) is 0 Å². The van der Waals surface area contributed by atoms with E-state index in [1.165, 1.54) is 0 Å². The highest BCUT2D eigenvalue weighted by atomic mass is 16.5. The fourth-order valence-corrected chi connectivity index (χ4v) is 2.41. The van der Waals surface area contributed by atoms with Crippen LogP contribution in [0, 0.1) is 0 Å². The standard InChI is InChI=1S/C17H17N3O3/c1-22-14-5-6-16(23-2)12(7-14)8-17(21)19-13-4-3-11-10-18-20-15(11)9-13/h3-7,9-10H,8H2,1-2H3,(H,18,20)(H,19,21). The second-order valence-electron chi connectivity index (χ2n) is 5.07. The molecule has 0 atom stereocenters. The van der Waals surface area contributed by atoms with Crippen LogP contribution >= 0.6 is 0 Å². The van der Waals surface area contributed by atoms with Crippen molar-refractivity contribution >= 4 is 22.5 Å². The summed E-state index contributed by atoms with van der Waals surface area (Å²) in [6.45, 7) is 0. The van der Waals surface area contributed by atoms with Crippen molar-refractivity contribution in [1.82, 2.24) is 10.2 Å². The Kier molecular flexibility index (Phi) is 4.14. The number of aromatic amines is 1. The van der Waals surface area contributed by atoms with Gasteiger partial charge in [0, 0.05) is 16.6 Å². The molecule has 3 rings (SSSR count). The zero-order chi connectivity index (χ0) is 16.2. The molecule has 0 saturated heterocycles. The summed E-state index contributed by atoms with van der Waals surface area (Å²) in [4.78, 5) is 12.3. The molecule has 1 heterocycles. The minimum absolute atomic E-state index is 0.129. The molecule has 0 aliphatic carbocycles. The third kappa shape index (κ3) is 3.26. The number of carbonyl (C=O) groups excluding carboxylic acids is 1. The number of hydrogen-bond donors (Lipinski definition) is 2. The van der Waals surface area contributed by atoms with E-state index in [0.29, 0.717) is 17.2 Å². The summed E-state index contributed by atoms with van der Waals surface area (Å²) in [6, 6.07) is 11.0. The van der Waals surface area contributed by atoms with Crippen molar-refractivity contribution in [2.45, 2.75) is 6.42 Å². The maximum Gasteiger partial charge on any atom is 0.228 e. The molecule has 0 fully saturated rings. The molecule has 6 heteroatoms. The number of carbonyl (C=O) groups is 1. The van der Waals surface area contributed by atoms with Gasteiger partial charge in [0.2, 0.25) is 5.91 Å². The van der Waals surface area contributed by atoms with E-state index < -0.39 is 0 Å². The van der Waals surface area contributed by atoms with Gasteiger partial charge in [-0.05, 0) is 36.4 Å². The lowest BCUT2D eigenvalue weighted by molar-refractivity contribution is -0.115. The van der Waals surface area contributed by atoms with Crippen LogP contribution in [0.25, 0.3) is 10.9 Å². The Morgan fingerprint density at radius 1 is 1.17 bits per heavy atom. The predicted octanol–water partition coefficient (Wildman–Crippen LogP) is 2.76. The number of methoxy groups -OCH3 is 2. The van der Waals surface area contributed by atoms with E-state index in [1.807, 2.05) is 18.2 Å². The number of nitrogens with zero attached hydrogens (tertiary/aromatic N) is 1. The first-order valence-corrected chi connectivity index (χ1v) is 7.13.